The molecule has 1 aliphatic rings. The number of benzene rings is 1. The molecule has 2 aromatic heterocycles. The summed E-state index contributed by atoms with van der Waals surface area (Å²) in [5, 5.41) is 0. The van der Waals surface area contributed by atoms with Gasteiger partial charge in [0, 0.05) is 56.9 Å². The Morgan fingerprint density at radius 1 is 1.11 bits per heavy atom. The number of nitrogens with zero attached hydrogens (tertiary/aromatic N) is 5. The fraction of sp³-hybridized carbons (Fsp3) is 0.381. The van der Waals surface area contributed by atoms with Gasteiger partial charge in [-0.2, -0.15) is 0 Å². The molecule has 0 bridgehead atoms. The minimum absolute atomic E-state index is 0.00177. The van der Waals surface area contributed by atoms with E-state index in [-0.39, 0.29) is 5.91 Å². The van der Waals surface area contributed by atoms with E-state index in [4.69, 9.17) is 0 Å². The van der Waals surface area contributed by atoms with Gasteiger partial charge < -0.3 is 9.30 Å². The smallest absolute Gasteiger partial charge is 0.274 e. The number of aromatic nitrogens is 3. The third-order valence-electron chi connectivity index (χ3n) is 4.92. The Morgan fingerprint density at radius 3 is 2.56 bits per heavy atom. The summed E-state index contributed by atoms with van der Waals surface area (Å²) in [7, 11) is 0. The molecule has 1 aromatic carbocycles. The molecule has 0 aliphatic carbocycles. The summed E-state index contributed by atoms with van der Waals surface area (Å²) >= 11 is 0. The molecule has 1 saturated heterocycles. The van der Waals surface area contributed by atoms with Crippen LogP contribution in [0.15, 0.2) is 48.9 Å². The molecule has 1 aliphatic heterocycles. The normalized spacial score (nSPS) is 15.6. The summed E-state index contributed by atoms with van der Waals surface area (Å²) in [5.74, 6) is 0.650. The molecule has 140 valence electrons. The molecule has 0 spiro atoms. The predicted molar refractivity (Wildman–Crippen MR) is 106 cm³/mol. The molecule has 0 N–H and O–H groups in total. The van der Waals surface area contributed by atoms with Gasteiger partial charge in [0.2, 0.25) is 0 Å². The maximum atomic E-state index is 13.0. The van der Waals surface area contributed by atoms with Crippen molar-refractivity contribution < 1.29 is 4.79 Å². The molecule has 4 rings (SSSR count). The lowest BCUT2D eigenvalue weighted by Gasteiger charge is -2.35. The SMILES string of the molecule is CC(C)CN1CCN(C(=O)c2cn3ccnc(-c4ccccc4)c3n2)CC1. The van der Waals surface area contributed by atoms with Crippen LogP contribution in [0.2, 0.25) is 0 Å². The number of carbonyl (C=O) groups excluding carboxylic acids is 1. The van der Waals surface area contributed by atoms with Crippen LogP contribution in [0, 0.1) is 5.92 Å². The maximum Gasteiger partial charge on any atom is 0.274 e. The summed E-state index contributed by atoms with van der Waals surface area (Å²) < 4.78 is 1.89. The van der Waals surface area contributed by atoms with Gasteiger partial charge in [0.05, 0.1) is 0 Å². The van der Waals surface area contributed by atoms with Crippen LogP contribution >= 0.6 is 0 Å². The minimum atomic E-state index is 0.00177. The van der Waals surface area contributed by atoms with Crippen molar-refractivity contribution in [1.82, 2.24) is 24.2 Å². The maximum absolute atomic E-state index is 13.0. The van der Waals surface area contributed by atoms with Crippen LogP contribution < -0.4 is 0 Å². The number of carbonyl (C=O) groups is 1. The third kappa shape index (κ3) is 3.71. The summed E-state index contributed by atoms with van der Waals surface area (Å²) in [6.07, 6.45) is 5.40. The number of rotatable bonds is 4. The average molecular weight is 363 g/mol. The van der Waals surface area contributed by atoms with Crippen LogP contribution in [0.5, 0.6) is 0 Å². The highest BCUT2D eigenvalue weighted by Gasteiger charge is 2.24. The monoisotopic (exact) mass is 363 g/mol. The molecule has 27 heavy (non-hydrogen) atoms. The van der Waals surface area contributed by atoms with Crippen molar-refractivity contribution in [3.8, 4) is 11.3 Å². The van der Waals surface area contributed by atoms with Crippen LogP contribution in [0.1, 0.15) is 24.3 Å². The van der Waals surface area contributed by atoms with Gasteiger partial charge in [-0.1, -0.05) is 44.2 Å². The van der Waals surface area contributed by atoms with Crippen molar-refractivity contribution in [3.05, 3.63) is 54.6 Å². The zero-order chi connectivity index (χ0) is 18.8. The highest BCUT2D eigenvalue weighted by atomic mass is 16.2. The molecule has 6 nitrogen and oxygen atoms in total. The van der Waals surface area contributed by atoms with Gasteiger partial charge >= 0.3 is 0 Å². The van der Waals surface area contributed by atoms with E-state index in [0.29, 0.717) is 17.3 Å². The zero-order valence-corrected chi connectivity index (χ0v) is 15.9. The fourth-order valence-corrected chi connectivity index (χ4v) is 3.63. The first-order valence-corrected chi connectivity index (χ1v) is 9.52. The largest absolute Gasteiger partial charge is 0.335 e. The number of imidazole rings is 1. The van der Waals surface area contributed by atoms with E-state index < -0.39 is 0 Å². The van der Waals surface area contributed by atoms with Gasteiger partial charge in [0.15, 0.2) is 5.65 Å². The van der Waals surface area contributed by atoms with E-state index in [9.17, 15) is 4.79 Å². The number of piperazine rings is 1. The fourth-order valence-electron chi connectivity index (χ4n) is 3.63. The van der Waals surface area contributed by atoms with E-state index in [1.165, 1.54) is 0 Å². The number of hydrogen-bond acceptors (Lipinski definition) is 4. The van der Waals surface area contributed by atoms with Crippen LogP contribution in [-0.2, 0) is 0 Å². The molecule has 3 heterocycles. The third-order valence-corrected chi connectivity index (χ3v) is 4.92. The van der Waals surface area contributed by atoms with Crippen molar-refractivity contribution >= 4 is 11.6 Å². The van der Waals surface area contributed by atoms with Crippen molar-refractivity contribution in [3.63, 3.8) is 0 Å². The Balaban J connectivity index is 1.55. The van der Waals surface area contributed by atoms with Crippen LogP contribution in [0.3, 0.4) is 0 Å². The van der Waals surface area contributed by atoms with Gasteiger partial charge in [-0.15, -0.1) is 0 Å². The summed E-state index contributed by atoms with van der Waals surface area (Å²) in [4.78, 5) is 26.4. The lowest BCUT2D eigenvalue weighted by atomic mass is 10.1. The summed E-state index contributed by atoms with van der Waals surface area (Å²) in [5.41, 5.74) is 2.98. The van der Waals surface area contributed by atoms with Crippen LogP contribution in [0.4, 0.5) is 0 Å². The molecule has 0 atom stereocenters. The molecule has 3 aromatic rings. The molecule has 0 radical (unpaired) electrons. The second-order valence-electron chi connectivity index (χ2n) is 7.49. The Morgan fingerprint density at radius 2 is 1.85 bits per heavy atom. The predicted octanol–water partition coefficient (Wildman–Crippen LogP) is 2.81. The van der Waals surface area contributed by atoms with Gasteiger partial charge in [-0.3, -0.25) is 14.7 Å². The standard InChI is InChI=1S/C21H25N5O/c1-16(2)14-24-10-12-25(13-11-24)21(27)18-15-26-9-8-22-19(20(26)23-18)17-6-4-3-5-7-17/h3-9,15-16H,10-14H2,1-2H3. The van der Waals surface area contributed by atoms with E-state index >= 15 is 0 Å². The number of fused-ring (bicyclic) bond motifs is 1. The molecule has 1 amide bonds. The zero-order valence-electron chi connectivity index (χ0n) is 15.9. The first kappa shape index (κ1) is 17.7. The first-order chi connectivity index (χ1) is 13.1. The average Bonchev–Trinajstić information content (AvgIpc) is 3.12. The van der Waals surface area contributed by atoms with Crippen molar-refractivity contribution in [2.75, 3.05) is 32.7 Å². The Kier molecular flexibility index (Phi) is 4.90. The van der Waals surface area contributed by atoms with E-state index in [1.807, 2.05) is 52.0 Å². The Hall–Kier alpha value is -2.73. The minimum Gasteiger partial charge on any atom is -0.335 e. The second-order valence-corrected chi connectivity index (χ2v) is 7.49. The first-order valence-electron chi connectivity index (χ1n) is 9.52. The van der Waals surface area contributed by atoms with Gasteiger partial charge in [0.1, 0.15) is 11.4 Å². The van der Waals surface area contributed by atoms with E-state index in [1.54, 1.807) is 6.20 Å². The molecule has 6 heteroatoms. The summed E-state index contributed by atoms with van der Waals surface area (Å²) in [6.45, 7) is 8.90. The highest BCUT2D eigenvalue weighted by Crippen LogP contribution is 2.22. The van der Waals surface area contributed by atoms with Crippen molar-refractivity contribution in [2.24, 2.45) is 5.92 Å². The van der Waals surface area contributed by atoms with Crippen molar-refractivity contribution in [1.29, 1.82) is 0 Å². The van der Waals surface area contributed by atoms with Crippen molar-refractivity contribution in [2.45, 2.75) is 13.8 Å². The van der Waals surface area contributed by atoms with Crippen LogP contribution in [-0.4, -0.2) is 62.8 Å². The lowest BCUT2D eigenvalue weighted by Crippen LogP contribution is -2.49. The van der Waals surface area contributed by atoms with E-state index in [2.05, 4.69) is 28.7 Å². The van der Waals surface area contributed by atoms with Gasteiger partial charge in [0.25, 0.3) is 5.91 Å². The van der Waals surface area contributed by atoms with E-state index in [0.717, 1.165) is 44.0 Å². The van der Waals surface area contributed by atoms with Gasteiger partial charge in [-0.25, -0.2) is 4.98 Å². The van der Waals surface area contributed by atoms with Crippen LogP contribution in [0.25, 0.3) is 16.9 Å². The summed E-state index contributed by atoms with van der Waals surface area (Å²) in [6, 6.07) is 9.94. The van der Waals surface area contributed by atoms with Gasteiger partial charge in [-0.05, 0) is 5.92 Å². The number of hydrogen-bond donors (Lipinski definition) is 0. The quantitative estimate of drug-likeness (QED) is 0.715. The highest BCUT2D eigenvalue weighted by molar-refractivity contribution is 5.93. The number of amides is 1. The molecule has 0 unspecified atom stereocenters. The molecular formula is C21H25N5O. The molecule has 1 fully saturated rings. The molecule has 0 saturated carbocycles. The Bertz CT molecular complexity index is 926. The Labute approximate surface area is 159 Å². The lowest BCUT2D eigenvalue weighted by molar-refractivity contribution is 0.0619. The molecular weight excluding hydrogens is 338 g/mol. The second kappa shape index (κ2) is 7.48. The topological polar surface area (TPSA) is 53.7 Å².